The molecule has 1 aromatic carbocycles. The lowest BCUT2D eigenvalue weighted by atomic mass is 10.2. The van der Waals surface area contributed by atoms with E-state index in [4.69, 9.17) is 0 Å². The van der Waals surface area contributed by atoms with E-state index >= 15 is 0 Å². The van der Waals surface area contributed by atoms with Gasteiger partial charge in [0.15, 0.2) is 20.8 Å². The molecule has 1 aromatic rings. The zero-order chi connectivity index (χ0) is 7.56. The van der Waals surface area contributed by atoms with Gasteiger partial charge in [-0.15, -0.1) is 0 Å². The van der Waals surface area contributed by atoms with Crippen molar-refractivity contribution in [2.75, 3.05) is 4.23 Å². The van der Waals surface area contributed by atoms with Crippen LogP contribution in [0.25, 0.3) is 0 Å². The highest BCUT2D eigenvalue weighted by Gasteiger charge is 1.92. The van der Waals surface area contributed by atoms with Crippen molar-refractivity contribution in [3.63, 3.8) is 0 Å². The normalized spacial score (nSPS) is 9.50. The third-order valence-electron chi connectivity index (χ3n) is 1.26. The maximum atomic E-state index is 3.31. The molecule has 0 aromatic heterocycles. The molecule has 0 aliphatic rings. The predicted octanol–water partition coefficient (Wildman–Crippen LogP) is 0.968. The Kier molecular flexibility index (Phi) is 2.29. The van der Waals surface area contributed by atoms with Crippen LogP contribution in [-0.4, -0.2) is 20.8 Å². The maximum absolute atomic E-state index is 3.31. The van der Waals surface area contributed by atoms with Gasteiger partial charge in [-0.3, -0.25) is 0 Å². The highest BCUT2D eigenvalue weighted by Crippen LogP contribution is 2.10. The summed E-state index contributed by atoms with van der Waals surface area (Å²) >= 11 is 0. The minimum atomic E-state index is 1.09. The molecule has 0 aliphatic heterocycles. The van der Waals surface area contributed by atoms with E-state index in [1.165, 1.54) is 5.56 Å². The number of nitrogens with zero attached hydrogens (tertiary/aromatic N) is 1. The maximum Gasteiger partial charge on any atom is 0.178 e. The zero-order valence-electron chi connectivity index (χ0n) is 5.76. The van der Waals surface area contributed by atoms with E-state index in [9.17, 15) is 0 Å². The number of hydrogen-bond donors (Lipinski definition) is 0. The minimum Gasteiger partial charge on any atom is -0.429 e. The van der Waals surface area contributed by atoms with Crippen molar-refractivity contribution in [1.29, 1.82) is 0 Å². The summed E-state index contributed by atoms with van der Waals surface area (Å²) in [5.74, 6) is 0. The molecule has 3 heteroatoms. The van der Waals surface area contributed by atoms with Gasteiger partial charge in [0.2, 0.25) is 0 Å². The summed E-state index contributed by atoms with van der Waals surface area (Å²) in [5, 5.41) is 0. The highest BCUT2D eigenvalue weighted by atomic mass is 28.2. The van der Waals surface area contributed by atoms with Gasteiger partial charge in [0, 0.05) is 5.69 Å². The van der Waals surface area contributed by atoms with Gasteiger partial charge in [0.25, 0.3) is 0 Å². The van der Waals surface area contributed by atoms with Crippen LogP contribution >= 0.6 is 0 Å². The van der Waals surface area contributed by atoms with E-state index in [0.29, 0.717) is 0 Å². The number of rotatable bonds is 1. The third kappa shape index (κ3) is 1.72. The van der Waals surface area contributed by atoms with Crippen molar-refractivity contribution in [3.05, 3.63) is 29.8 Å². The first-order valence-corrected chi connectivity index (χ1v) is 3.89. The Balaban J connectivity index is 2.96. The van der Waals surface area contributed by atoms with Crippen LogP contribution in [0.3, 0.4) is 0 Å². The minimum absolute atomic E-state index is 1.09. The van der Waals surface area contributed by atoms with Gasteiger partial charge in [-0.25, -0.2) is 0 Å². The molecule has 0 N–H and O–H groups in total. The lowest BCUT2D eigenvalue weighted by Gasteiger charge is -2.11. The Bertz CT molecular complexity index is 223. The molecule has 0 atom stereocenters. The third-order valence-corrected chi connectivity index (χ3v) is 1.78. The first kappa shape index (κ1) is 7.56. The van der Waals surface area contributed by atoms with Gasteiger partial charge in [0.1, 0.15) is 0 Å². The molecule has 0 aliphatic carbocycles. The number of anilines is 1. The molecular formula is C7H7NSi2. The molecule has 0 unspecified atom stereocenters. The van der Waals surface area contributed by atoms with E-state index in [1.807, 2.05) is 12.1 Å². The summed E-state index contributed by atoms with van der Waals surface area (Å²) in [6.07, 6.45) is 0. The molecule has 6 radical (unpaired) electrons. The second kappa shape index (κ2) is 3.03. The van der Waals surface area contributed by atoms with Crippen LogP contribution in [0.2, 0.25) is 0 Å². The predicted molar refractivity (Wildman–Crippen MR) is 45.2 cm³/mol. The van der Waals surface area contributed by atoms with E-state index < -0.39 is 0 Å². The molecule has 0 saturated carbocycles. The fourth-order valence-corrected chi connectivity index (χ4v) is 1.05. The molecule has 0 heterocycles. The first-order valence-electron chi connectivity index (χ1n) is 2.99. The Labute approximate surface area is 68.1 Å². The fraction of sp³-hybridized carbons (Fsp3) is 0.143. The Morgan fingerprint density at radius 2 is 2.00 bits per heavy atom. The standard InChI is InChI=1S/C7H7NSi2/c1-6-3-2-4-7(5-6)8(9)10/h2-5H,1H3. The lowest BCUT2D eigenvalue weighted by molar-refractivity contribution is 1.45. The first-order chi connectivity index (χ1) is 4.70. The molecule has 1 rings (SSSR count). The van der Waals surface area contributed by atoms with Crippen molar-refractivity contribution < 1.29 is 0 Å². The van der Waals surface area contributed by atoms with E-state index in [0.717, 1.165) is 5.69 Å². The second-order valence-corrected chi connectivity index (χ2v) is 3.52. The molecule has 0 saturated heterocycles. The van der Waals surface area contributed by atoms with Gasteiger partial charge in [-0.05, 0) is 24.6 Å². The molecule has 1 nitrogen and oxygen atoms in total. The van der Waals surface area contributed by atoms with Crippen LogP contribution in [0.5, 0.6) is 0 Å². The lowest BCUT2D eigenvalue weighted by Crippen LogP contribution is -2.13. The Morgan fingerprint density at radius 1 is 1.30 bits per heavy atom. The molecule has 0 fully saturated rings. The summed E-state index contributed by atoms with van der Waals surface area (Å²) < 4.78 is 1.72. The van der Waals surface area contributed by atoms with Gasteiger partial charge < -0.3 is 4.23 Å². The van der Waals surface area contributed by atoms with Gasteiger partial charge >= 0.3 is 0 Å². The number of hydrogen-bond acceptors (Lipinski definition) is 1. The Hall–Kier alpha value is -0.546. The topological polar surface area (TPSA) is 3.24 Å². The average molecular weight is 161 g/mol. The summed E-state index contributed by atoms with van der Waals surface area (Å²) in [6.45, 7) is 2.06. The molecule has 0 amide bonds. The molecule has 0 bridgehead atoms. The van der Waals surface area contributed by atoms with Crippen molar-refractivity contribution in [3.8, 4) is 0 Å². The van der Waals surface area contributed by atoms with Crippen LogP contribution in [0.4, 0.5) is 5.69 Å². The highest BCUT2D eigenvalue weighted by molar-refractivity contribution is 6.41. The monoisotopic (exact) mass is 161 g/mol. The van der Waals surface area contributed by atoms with Crippen molar-refractivity contribution >= 4 is 26.5 Å². The van der Waals surface area contributed by atoms with Crippen LogP contribution in [0, 0.1) is 6.92 Å². The smallest absolute Gasteiger partial charge is 0.178 e. The summed E-state index contributed by atoms with van der Waals surface area (Å²) in [4.78, 5) is 0. The fourth-order valence-electron chi connectivity index (χ4n) is 0.767. The largest absolute Gasteiger partial charge is 0.429 e. The van der Waals surface area contributed by atoms with E-state index in [2.05, 4.69) is 39.9 Å². The zero-order valence-corrected chi connectivity index (χ0v) is 7.76. The molecule has 48 valence electrons. The van der Waals surface area contributed by atoms with E-state index in [1.54, 1.807) is 4.23 Å². The molecule has 0 spiro atoms. The number of aryl methyl sites for hydroxylation is 1. The summed E-state index contributed by atoms with van der Waals surface area (Å²) in [6, 6.07) is 8.15. The molecule has 10 heavy (non-hydrogen) atoms. The quantitative estimate of drug-likeness (QED) is 0.555. The van der Waals surface area contributed by atoms with Crippen molar-refractivity contribution in [1.82, 2.24) is 0 Å². The van der Waals surface area contributed by atoms with Crippen LogP contribution in [0.15, 0.2) is 24.3 Å². The van der Waals surface area contributed by atoms with E-state index in [-0.39, 0.29) is 0 Å². The summed E-state index contributed by atoms with van der Waals surface area (Å²) in [5.41, 5.74) is 2.34. The van der Waals surface area contributed by atoms with Gasteiger partial charge in [0.05, 0.1) is 0 Å². The number of benzene rings is 1. The SMILES string of the molecule is Cc1cccc(N([Si])[Si])c1. The average Bonchev–Trinajstić information content (AvgIpc) is 1.88. The van der Waals surface area contributed by atoms with Gasteiger partial charge in [-0.1, -0.05) is 12.1 Å². The van der Waals surface area contributed by atoms with Crippen LogP contribution in [-0.2, 0) is 0 Å². The van der Waals surface area contributed by atoms with Gasteiger partial charge in [-0.2, -0.15) is 0 Å². The molecular weight excluding hydrogens is 154 g/mol. The second-order valence-electron chi connectivity index (χ2n) is 2.17. The van der Waals surface area contributed by atoms with Crippen molar-refractivity contribution in [2.45, 2.75) is 6.92 Å². The summed E-state index contributed by atoms with van der Waals surface area (Å²) in [7, 11) is 6.62. The van der Waals surface area contributed by atoms with Crippen LogP contribution in [0.1, 0.15) is 5.56 Å². The van der Waals surface area contributed by atoms with Crippen molar-refractivity contribution in [2.24, 2.45) is 0 Å². The Morgan fingerprint density at radius 3 is 2.40 bits per heavy atom. The van der Waals surface area contributed by atoms with Crippen LogP contribution < -0.4 is 4.23 Å².